The van der Waals surface area contributed by atoms with Gasteiger partial charge in [-0.05, 0) is 67.1 Å². The fraction of sp³-hybridized carbons (Fsp3) is 0.261. The summed E-state index contributed by atoms with van der Waals surface area (Å²) in [7, 11) is 0. The maximum Gasteiger partial charge on any atom is 0.339 e. The van der Waals surface area contributed by atoms with E-state index in [4.69, 9.17) is 34.8 Å². The van der Waals surface area contributed by atoms with E-state index < -0.39 is 5.97 Å². The van der Waals surface area contributed by atoms with Crippen molar-refractivity contribution in [2.75, 3.05) is 11.4 Å². The van der Waals surface area contributed by atoms with Crippen molar-refractivity contribution in [2.24, 2.45) is 0 Å². The smallest absolute Gasteiger partial charge is 0.339 e. The Morgan fingerprint density at radius 2 is 1.74 bits per heavy atom. The fourth-order valence-electron chi connectivity index (χ4n) is 3.97. The minimum Gasteiger partial charge on any atom is -0.478 e. The molecule has 5 nitrogen and oxygen atoms in total. The van der Waals surface area contributed by atoms with Crippen LogP contribution in [0.2, 0.25) is 15.1 Å². The van der Waals surface area contributed by atoms with Gasteiger partial charge in [0.1, 0.15) is 0 Å². The quantitative estimate of drug-likeness (QED) is 0.455. The van der Waals surface area contributed by atoms with Gasteiger partial charge in [0.2, 0.25) is 5.95 Å². The van der Waals surface area contributed by atoms with Crippen molar-refractivity contribution < 1.29 is 9.90 Å². The van der Waals surface area contributed by atoms with Crippen LogP contribution < -0.4 is 4.90 Å². The van der Waals surface area contributed by atoms with Gasteiger partial charge in [0, 0.05) is 27.8 Å². The van der Waals surface area contributed by atoms with E-state index in [2.05, 4.69) is 14.9 Å². The zero-order valence-corrected chi connectivity index (χ0v) is 18.8. The molecule has 1 atom stereocenters. The first-order valence-corrected chi connectivity index (χ1v) is 11.1. The van der Waals surface area contributed by atoms with E-state index in [-0.39, 0.29) is 11.6 Å². The van der Waals surface area contributed by atoms with Gasteiger partial charge in [0.15, 0.2) is 0 Å². The number of benzene rings is 2. The summed E-state index contributed by atoms with van der Waals surface area (Å²) in [6.07, 6.45) is 4.39. The minimum atomic E-state index is -1.04. The molecule has 4 rings (SSSR count). The van der Waals surface area contributed by atoms with Gasteiger partial charge in [-0.1, -0.05) is 46.9 Å². The molecule has 1 aromatic heterocycles. The Kier molecular flexibility index (Phi) is 6.65. The lowest BCUT2D eigenvalue weighted by Gasteiger charge is -2.25. The lowest BCUT2D eigenvalue weighted by atomic mass is 10.0. The van der Waals surface area contributed by atoms with Crippen LogP contribution in [0.3, 0.4) is 0 Å². The highest BCUT2D eigenvalue weighted by atomic mass is 35.5. The zero-order chi connectivity index (χ0) is 22.0. The van der Waals surface area contributed by atoms with Crippen LogP contribution in [0.1, 0.15) is 46.1 Å². The van der Waals surface area contributed by atoms with E-state index in [1.807, 2.05) is 36.4 Å². The molecular formula is C23H20Cl3N3O2. The van der Waals surface area contributed by atoms with Gasteiger partial charge in [-0.2, -0.15) is 0 Å². The summed E-state index contributed by atoms with van der Waals surface area (Å²) in [6, 6.07) is 13.2. The van der Waals surface area contributed by atoms with Crippen molar-refractivity contribution in [2.45, 2.75) is 31.7 Å². The summed E-state index contributed by atoms with van der Waals surface area (Å²) in [4.78, 5) is 22.9. The van der Waals surface area contributed by atoms with E-state index in [1.54, 1.807) is 6.07 Å². The van der Waals surface area contributed by atoms with Gasteiger partial charge < -0.3 is 10.0 Å². The third-order valence-electron chi connectivity index (χ3n) is 5.42. The Morgan fingerprint density at radius 3 is 2.42 bits per heavy atom. The molecule has 1 aliphatic rings. The van der Waals surface area contributed by atoms with Crippen molar-refractivity contribution in [1.29, 1.82) is 0 Å². The Bertz CT molecular complexity index is 1090. The highest BCUT2D eigenvalue weighted by Gasteiger charge is 2.29. The van der Waals surface area contributed by atoms with E-state index in [0.717, 1.165) is 30.5 Å². The number of nitrogens with zero attached hydrogens (tertiary/aromatic N) is 3. The molecule has 0 unspecified atom stereocenters. The molecular weight excluding hydrogens is 457 g/mol. The minimum absolute atomic E-state index is 0.110. The summed E-state index contributed by atoms with van der Waals surface area (Å²) in [5, 5.41) is 11.4. The van der Waals surface area contributed by atoms with E-state index in [1.165, 1.54) is 6.20 Å². The number of anilines is 1. The van der Waals surface area contributed by atoms with E-state index in [9.17, 15) is 9.90 Å². The van der Waals surface area contributed by atoms with E-state index in [0.29, 0.717) is 39.6 Å². The van der Waals surface area contributed by atoms with Crippen molar-refractivity contribution in [3.05, 3.63) is 86.1 Å². The fourth-order valence-corrected chi connectivity index (χ4v) is 4.67. The van der Waals surface area contributed by atoms with Crippen LogP contribution in [0.25, 0.3) is 0 Å². The Hall–Kier alpha value is -2.34. The molecule has 2 aromatic carbocycles. The van der Waals surface area contributed by atoms with Crippen LogP contribution >= 0.6 is 34.8 Å². The number of carbonyl (C=O) groups is 1. The number of aromatic carboxylic acids is 1. The van der Waals surface area contributed by atoms with Gasteiger partial charge in [-0.25, -0.2) is 14.8 Å². The van der Waals surface area contributed by atoms with Crippen molar-refractivity contribution >= 4 is 46.7 Å². The maximum absolute atomic E-state index is 11.7. The number of aromatic nitrogens is 2. The summed E-state index contributed by atoms with van der Waals surface area (Å²) in [6.45, 7) is 0.809. The molecule has 1 saturated heterocycles. The molecule has 1 N–H and O–H groups in total. The molecule has 0 radical (unpaired) electrons. The third-order valence-corrected chi connectivity index (χ3v) is 6.11. The predicted molar refractivity (Wildman–Crippen MR) is 124 cm³/mol. The molecule has 1 fully saturated rings. The van der Waals surface area contributed by atoms with Gasteiger partial charge in [-0.3, -0.25) is 0 Å². The van der Waals surface area contributed by atoms with Gasteiger partial charge in [0.25, 0.3) is 0 Å². The van der Waals surface area contributed by atoms with Crippen LogP contribution in [0.4, 0.5) is 5.95 Å². The summed E-state index contributed by atoms with van der Waals surface area (Å²) in [5.74, 6) is -0.497. The summed E-state index contributed by atoms with van der Waals surface area (Å²) < 4.78 is 0. The number of hydrogen-bond acceptors (Lipinski definition) is 4. The molecule has 3 aromatic rings. The highest BCUT2D eigenvalue weighted by molar-refractivity contribution is 6.34. The summed E-state index contributed by atoms with van der Waals surface area (Å²) in [5.41, 5.74) is 2.67. The molecule has 1 aliphatic heterocycles. The first-order valence-electron chi connectivity index (χ1n) is 9.97. The van der Waals surface area contributed by atoms with Crippen LogP contribution in [-0.4, -0.2) is 27.6 Å². The van der Waals surface area contributed by atoms with Crippen molar-refractivity contribution in [3.63, 3.8) is 0 Å². The normalized spacial score (nSPS) is 16.0. The molecule has 160 valence electrons. The topological polar surface area (TPSA) is 66.3 Å². The van der Waals surface area contributed by atoms with Gasteiger partial charge >= 0.3 is 5.97 Å². The van der Waals surface area contributed by atoms with Gasteiger partial charge in [-0.15, -0.1) is 0 Å². The molecule has 2 heterocycles. The Labute approximate surface area is 195 Å². The zero-order valence-electron chi connectivity index (χ0n) is 16.6. The van der Waals surface area contributed by atoms with Crippen LogP contribution in [0.5, 0.6) is 0 Å². The molecule has 0 aliphatic carbocycles. The SMILES string of the molecule is O=C(O)c1cnc(N2CCC[C@H]2c2ccc(Cl)cc2)nc1CCc1cc(Cl)cc(Cl)c1. The Balaban J connectivity index is 1.61. The second-order valence-electron chi connectivity index (χ2n) is 7.52. The van der Waals surface area contributed by atoms with Crippen molar-refractivity contribution in [3.8, 4) is 0 Å². The predicted octanol–water partition coefficient (Wildman–Crippen LogP) is 6.26. The number of carboxylic acid groups (broad SMARTS) is 1. The molecule has 0 saturated carbocycles. The number of halogens is 3. The molecule has 8 heteroatoms. The standard InChI is InChI=1S/C23H20Cl3N3O2/c24-16-6-4-15(5-7-16)21-2-1-9-29(21)23-27-13-19(22(30)31)20(28-23)8-3-14-10-17(25)12-18(26)11-14/h4-7,10-13,21H,1-3,8-9H2,(H,30,31)/t21-/m0/s1. The van der Waals surface area contributed by atoms with Gasteiger partial charge in [0.05, 0.1) is 17.3 Å². The molecule has 0 amide bonds. The first kappa shape index (κ1) is 21.9. The number of carboxylic acids is 1. The maximum atomic E-state index is 11.7. The van der Waals surface area contributed by atoms with E-state index >= 15 is 0 Å². The first-order chi connectivity index (χ1) is 14.9. The number of rotatable bonds is 6. The molecule has 31 heavy (non-hydrogen) atoms. The molecule has 0 spiro atoms. The third kappa shape index (κ3) is 5.12. The molecule has 0 bridgehead atoms. The lowest BCUT2D eigenvalue weighted by Crippen LogP contribution is -2.25. The number of hydrogen-bond donors (Lipinski definition) is 1. The van der Waals surface area contributed by atoms with Crippen molar-refractivity contribution in [1.82, 2.24) is 9.97 Å². The average molecular weight is 477 g/mol. The van der Waals surface area contributed by atoms with Crippen LogP contribution in [-0.2, 0) is 12.8 Å². The second kappa shape index (κ2) is 9.43. The van der Waals surface area contributed by atoms with Crippen LogP contribution in [0.15, 0.2) is 48.7 Å². The largest absolute Gasteiger partial charge is 0.478 e. The second-order valence-corrected chi connectivity index (χ2v) is 8.83. The Morgan fingerprint density at radius 1 is 1.03 bits per heavy atom. The monoisotopic (exact) mass is 475 g/mol. The summed E-state index contributed by atoms with van der Waals surface area (Å²) >= 11 is 18.2. The van der Waals surface area contributed by atoms with Crippen LogP contribution in [0, 0.1) is 0 Å². The average Bonchev–Trinajstić information content (AvgIpc) is 3.21. The number of aryl methyl sites for hydroxylation is 2. The highest BCUT2D eigenvalue weighted by Crippen LogP contribution is 2.35. The lowest BCUT2D eigenvalue weighted by molar-refractivity contribution is 0.0694.